The van der Waals surface area contributed by atoms with Crippen LogP contribution in [0.3, 0.4) is 0 Å². The van der Waals surface area contributed by atoms with Crippen LogP contribution >= 0.6 is 0 Å². The number of carbonyl (C=O) groups excluding carboxylic acids is 1. The summed E-state index contributed by atoms with van der Waals surface area (Å²) in [5.41, 5.74) is 1.55. The van der Waals surface area contributed by atoms with Gasteiger partial charge in [0.05, 0.1) is 12.8 Å². The maximum absolute atomic E-state index is 11.7. The molecule has 1 aromatic carbocycles. The van der Waals surface area contributed by atoms with E-state index < -0.39 is 0 Å². The molecular weight excluding hydrogens is 228 g/mol. The van der Waals surface area contributed by atoms with Gasteiger partial charge in [-0.3, -0.25) is 4.79 Å². The van der Waals surface area contributed by atoms with Gasteiger partial charge in [-0.1, -0.05) is 6.07 Å². The van der Waals surface area contributed by atoms with Crippen LogP contribution in [0.25, 0.3) is 0 Å². The maximum Gasteiger partial charge on any atom is 0.251 e. The first-order valence-corrected chi connectivity index (χ1v) is 5.94. The van der Waals surface area contributed by atoms with Crippen molar-refractivity contribution in [3.63, 3.8) is 0 Å². The van der Waals surface area contributed by atoms with Gasteiger partial charge in [0.15, 0.2) is 0 Å². The number of amides is 1. The van der Waals surface area contributed by atoms with Crippen LogP contribution in [0.15, 0.2) is 47.1 Å². The van der Waals surface area contributed by atoms with E-state index in [0.29, 0.717) is 18.7 Å². The highest BCUT2D eigenvalue weighted by Gasteiger charge is 2.04. The third-order valence-corrected chi connectivity index (χ3v) is 2.51. The van der Waals surface area contributed by atoms with E-state index in [9.17, 15) is 4.79 Å². The van der Waals surface area contributed by atoms with Gasteiger partial charge in [-0.15, -0.1) is 0 Å². The summed E-state index contributed by atoms with van der Waals surface area (Å²) in [5.74, 6) is 0.803. The molecule has 4 nitrogen and oxygen atoms in total. The number of rotatable bonds is 5. The smallest absolute Gasteiger partial charge is 0.251 e. The number of furan rings is 1. The maximum atomic E-state index is 11.7. The average Bonchev–Trinajstić information content (AvgIpc) is 2.90. The van der Waals surface area contributed by atoms with Crippen LogP contribution in [0.2, 0.25) is 0 Å². The van der Waals surface area contributed by atoms with E-state index in [1.54, 1.807) is 12.3 Å². The van der Waals surface area contributed by atoms with Crippen LogP contribution in [0, 0.1) is 0 Å². The molecule has 2 aromatic rings. The van der Waals surface area contributed by atoms with E-state index in [2.05, 4.69) is 10.6 Å². The topological polar surface area (TPSA) is 54.3 Å². The minimum absolute atomic E-state index is 0.0563. The Hall–Kier alpha value is -2.23. The Morgan fingerprint density at radius 3 is 2.89 bits per heavy atom. The zero-order chi connectivity index (χ0) is 12.8. The van der Waals surface area contributed by atoms with Crippen molar-refractivity contribution in [1.82, 2.24) is 5.32 Å². The van der Waals surface area contributed by atoms with Crippen LogP contribution in [0.1, 0.15) is 23.0 Å². The molecule has 0 bridgehead atoms. The van der Waals surface area contributed by atoms with E-state index in [-0.39, 0.29) is 5.91 Å². The number of nitrogens with one attached hydrogen (secondary N) is 2. The average molecular weight is 244 g/mol. The normalized spacial score (nSPS) is 10.1. The van der Waals surface area contributed by atoms with Crippen molar-refractivity contribution in [1.29, 1.82) is 0 Å². The molecule has 1 aromatic heterocycles. The summed E-state index contributed by atoms with van der Waals surface area (Å²) in [6.07, 6.45) is 1.64. The lowest BCUT2D eigenvalue weighted by molar-refractivity contribution is 0.0956. The molecule has 0 saturated carbocycles. The minimum Gasteiger partial charge on any atom is -0.467 e. The molecule has 0 radical (unpaired) electrons. The van der Waals surface area contributed by atoms with Gasteiger partial charge in [0, 0.05) is 17.8 Å². The van der Waals surface area contributed by atoms with Crippen molar-refractivity contribution in [2.75, 3.05) is 11.9 Å². The molecule has 94 valence electrons. The summed E-state index contributed by atoms with van der Waals surface area (Å²) in [7, 11) is 0. The summed E-state index contributed by atoms with van der Waals surface area (Å²) in [6, 6.07) is 11.2. The highest BCUT2D eigenvalue weighted by Crippen LogP contribution is 2.12. The second-order valence-corrected chi connectivity index (χ2v) is 3.87. The fourth-order valence-electron chi connectivity index (χ4n) is 1.64. The van der Waals surface area contributed by atoms with Gasteiger partial charge < -0.3 is 15.1 Å². The van der Waals surface area contributed by atoms with Crippen molar-refractivity contribution < 1.29 is 9.21 Å². The van der Waals surface area contributed by atoms with Crippen molar-refractivity contribution >= 4 is 11.6 Å². The van der Waals surface area contributed by atoms with Gasteiger partial charge >= 0.3 is 0 Å². The molecule has 0 unspecified atom stereocenters. The first kappa shape index (κ1) is 12.2. The zero-order valence-electron chi connectivity index (χ0n) is 10.3. The summed E-state index contributed by atoms with van der Waals surface area (Å²) < 4.78 is 5.23. The molecular formula is C14H16N2O2. The first-order chi connectivity index (χ1) is 8.79. The Labute approximate surface area is 106 Å². The molecule has 1 heterocycles. The second-order valence-electron chi connectivity index (χ2n) is 3.87. The summed E-state index contributed by atoms with van der Waals surface area (Å²) >= 11 is 0. The van der Waals surface area contributed by atoms with E-state index in [4.69, 9.17) is 4.42 Å². The molecule has 18 heavy (non-hydrogen) atoms. The molecule has 4 heteroatoms. The van der Waals surface area contributed by atoms with Gasteiger partial charge in [-0.05, 0) is 37.3 Å². The third kappa shape index (κ3) is 3.13. The number of carbonyl (C=O) groups is 1. The third-order valence-electron chi connectivity index (χ3n) is 2.51. The van der Waals surface area contributed by atoms with Crippen LogP contribution in [0.4, 0.5) is 5.69 Å². The molecule has 2 rings (SSSR count). The minimum atomic E-state index is -0.0563. The Morgan fingerprint density at radius 1 is 1.28 bits per heavy atom. The lowest BCUT2D eigenvalue weighted by Gasteiger charge is -2.07. The van der Waals surface area contributed by atoms with E-state index in [1.807, 2.05) is 37.3 Å². The highest BCUT2D eigenvalue weighted by molar-refractivity contribution is 5.95. The van der Waals surface area contributed by atoms with Gasteiger partial charge in [0.2, 0.25) is 0 Å². The van der Waals surface area contributed by atoms with Crippen LogP contribution in [-0.2, 0) is 6.54 Å². The molecule has 0 aliphatic carbocycles. The molecule has 0 aliphatic rings. The highest BCUT2D eigenvalue weighted by atomic mass is 16.3. The van der Waals surface area contributed by atoms with E-state index >= 15 is 0 Å². The molecule has 2 N–H and O–H groups in total. The van der Waals surface area contributed by atoms with Gasteiger partial charge in [0.1, 0.15) is 5.76 Å². The van der Waals surface area contributed by atoms with Crippen LogP contribution < -0.4 is 10.6 Å². The molecule has 0 atom stereocenters. The van der Waals surface area contributed by atoms with Gasteiger partial charge in [-0.25, -0.2) is 0 Å². The molecule has 1 amide bonds. The van der Waals surface area contributed by atoms with Crippen molar-refractivity contribution in [3.05, 3.63) is 54.0 Å². The van der Waals surface area contributed by atoms with Gasteiger partial charge in [-0.2, -0.15) is 0 Å². The van der Waals surface area contributed by atoms with E-state index in [1.165, 1.54) is 0 Å². The monoisotopic (exact) mass is 244 g/mol. The quantitative estimate of drug-likeness (QED) is 0.850. The Balaban J connectivity index is 2.01. The predicted molar refractivity (Wildman–Crippen MR) is 70.5 cm³/mol. The van der Waals surface area contributed by atoms with Crippen molar-refractivity contribution in [2.45, 2.75) is 13.5 Å². The largest absolute Gasteiger partial charge is 0.467 e. The summed E-state index contributed by atoms with van der Waals surface area (Å²) in [6.45, 7) is 3.13. The molecule has 0 spiro atoms. The molecule has 0 aliphatic heterocycles. The van der Waals surface area contributed by atoms with Crippen LogP contribution in [-0.4, -0.2) is 12.5 Å². The van der Waals surface area contributed by atoms with E-state index in [0.717, 1.165) is 11.4 Å². The lowest BCUT2D eigenvalue weighted by Crippen LogP contribution is -2.22. The predicted octanol–water partition coefficient (Wildman–Crippen LogP) is 2.64. The molecule has 0 saturated heterocycles. The van der Waals surface area contributed by atoms with Gasteiger partial charge in [0.25, 0.3) is 5.91 Å². The van der Waals surface area contributed by atoms with Crippen molar-refractivity contribution in [3.8, 4) is 0 Å². The van der Waals surface area contributed by atoms with Crippen LogP contribution in [0.5, 0.6) is 0 Å². The summed E-state index contributed by atoms with van der Waals surface area (Å²) in [4.78, 5) is 11.7. The Bertz CT molecular complexity index is 506. The Kier molecular flexibility index (Phi) is 4.02. The SMILES string of the molecule is CCNC(=O)c1cccc(NCc2ccco2)c1. The number of anilines is 1. The fraction of sp³-hybridized carbons (Fsp3) is 0.214. The number of benzene rings is 1. The summed E-state index contributed by atoms with van der Waals surface area (Å²) in [5, 5.41) is 5.98. The fourth-order valence-corrected chi connectivity index (χ4v) is 1.64. The lowest BCUT2D eigenvalue weighted by atomic mass is 10.2. The second kappa shape index (κ2) is 5.91. The number of hydrogen-bond acceptors (Lipinski definition) is 3. The zero-order valence-corrected chi connectivity index (χ0v) is 10.3. The molecule has 0 fully saturated rings. The standard InChI is InChI=1S/C14H16N2O2/c1-2-15-14(17)11-5-3-6-12(9-11)16-10-13-7-4-8-18-13/h3-9,16H,2,10H2,1H3,(H,15,17). The Morgan fingerprint density at radius 2 is 2.17 bits per heavy atom. The van der Waals surface area contributed by atoms with Crippen molar-refractivity contribution in [2.24, 2.45) is 0 Å². The first-order valence-electron chi connectivity index (χ1n) is 5.94. The number of hydrogen-bond donors (Lipinski definition) is 2.